The van der Waals surface area contributed by atoms with Gasteiger partial charge >= 0.3 is 0 Å². The maximum Gasteiger partial charge on any atom is 0.107 e. The third-order valence-corrected chi connectivity index (χ3v) is 1.20. The van der Waals surface area contributed by atoms with Crippen LogP contribution in [0.1, 0.15) is 6.42 Å². The summed E-state index contributed by atoms with van der Waals surface area (Å²) in [5.41, 5.74) is 0. The van der Waals surface area contributed by atoms with Gasteiger partial charge in [-0.2, -0.15) is 0 Å². The summed E-state index contributed by atoms with van der Waals surface area (Å²) in [4.78, 5) is 0. The number of ether oxygens (including phenoxy) is 1. The van der Waals surface area contributed by atoms with Crippen LogP contribution in [-0.2, 0) is 4.74 Å². The summed E-state index contributed by atoms with van der Waals surface area (Å²) in [6.07, 6.45) is 2.14. The Morgan fingerprint density at radius 3 is 3.00 bits per heavy atom. The lowest BCUT2D eigenvalue weighted by molar-refractivity contribution is 0.138. The molecule has 0 aliphatic carbocycles. The van der Waals surface area contributed by atoms with Crippen molar-refractivity contribution in [2.45, 2.75) is 18.6 Å². The fraction of sp³-hybridized carbons (Fsp3) is 0.667. The highest BCUT2D eigenvalue weighted by Gasteiger charge is 2.29. The molecule has 2 atom stereocenters. The van der Waals surface area contributed by atoms with Crippen molar-refractivity contribution in [2.75, 3.05) is 6.61 Å². The van der Waals surface area contributed by atoms with Gasteiger partial charge in [-0.1, -0.05) is 6.08 Å². The smallest absolute Gasteiger partial charge is 0.107 e. The van der Waals surface area contributed by atoms with Gasteiger partial charge in [0.2, 0.25) is 0 Å². The highest BCUT2D eigenvalue weighted by molar-refractivity contribution is 4.83. The van der Waals surface area contributed by atoms with Crippen LogP contribution >= 0.6 is 0 Å². The van der Waals surface area contributed by atoms with Gasteiger partial charge < -0.3 is 9.84 Å². The second-order valence-corrected chi connectivity index (χ2v) is 1.96. The van der Waals surface area contributed by atoms with E-state index in [1.165, 1.54) is 0 Å². The molecule has 1 heterocycles. The van der Waals surface area contributed by atoms with Crippen molar-refractivity contribution in [3.63, 3.8) is 0 Å². The molecule has 0 aromatic rings. The van der Waals surface area contributed by atoms with E-state index < -0.39 is 0 Å². The average molecular weight is 114 g/mol. The summed E-state index contributed by atoms with van der Waals surface area (Å²) in [7, 11) is 0. The largest absolute Gasteiger partial charge is 0.390 e. The fourth-order valence-electron chi connectivity index (χ4n) is 0.600. The number of rotatable bonds is 3. The van der Waals surface area contributed by atoms with Crippen molar-refractivity contribution in [2.24, 2.45) is 0 Å². The van der Waals surface area contributed by atoms with Crippen LogP contribution in [0.5, 0.6) is 0 Å². The van der Waals surface area contributed by atoms with Gasteiger partial charge in [0, 0.05) is 0 Å². The number of hydrogen-bond donors (Lipinski definition) is 1. The average Bonchev–Trinajstić information content (AvgIpc) is 2.45. The predicted molar refractivity (Wildman–Crippen MR) is 30.6 cm³/mol. The first-order valence-electron chi connectivity index (χ1n) is 2.75. The van der Waals surface area contributed by atoms with Crippen molar-refractivity contribution in [1.82, 2.24) is 0 Å². The second-order valence-electron chi connectivity index (χ2n) is 1.96. The summed E-state index contributed by atoms with van der Waals surface area (Å²) in [6, 6.07) is 0. The zero-order chi connectivity index (χ0) is 5.98. The lowest BCUT2D eigenvalue weighted by atomic mass is 10.2. The molecule has 0 amide bonds. The zero-order valence-corrected chi connectivity index (χ0v) is 4.71. The van der Waals surface area contributed by atoms with E-state index >= 15 is 0 Å². The molecule has 2 heteroatoms. The lowest BCUT2D eigenvalue weighted by Crippen LogP contribution is -2.12. The second kappa shape index (κ2) is 2.29. The van der Waals surface area contributed by atoms with E-state index in [2.05, 4.69) is 6.58 Å². The summed E-state index contributed by atoms with van der Waals surface area (Å²) in [5, 5.41) is 8.99. The summed E-state index contributed by atoms with van der Waals surface area (Å²) >= 11 is 0. The van der Waals surface area contributed by atoms with Crippen LogP contribution in [0, 0.1) is 0 Å². The first-order valence-corrected chi connectivity index (χ1v) is 2.75. The number of epoxide rings is 1. The Bertz CT molecular complexity index is 86.5. The van der Waals surface area contributed by atoms with Crippen molar-refractivity contribution >= 4 is 0 Å². The summed E-state index contributed by atoms with van der Waals surface area (Å²) in [6.45, 7) is 4.21. The first-order chi connectivity index (χ1) is 3.84. The third kappa shape index (κ3) is 1.32. The van der Waals surface area contributed by atoms with Crippen LogP contribution in [0.15, 0.2) is 12.7 Å². The molecular weight excluding hydrogens is 104 g/mol. The molecule has 0 aromatic carbocycles. The predicted octanol–water partition coefficient (Wildman–Crippen LogP) is 0.322. The maximum absolute atomic E-state index is 8.99. The molecule has 46 valence electrons. The zero-order valence-electron chi connectivity index (χ0n) is 4.71. The van der Waals surface area contributed by atoms with Gasteiger partial charge in [0.1, 0.15) is 6.10 Å². The van der Waals surface area contributed by atoms with Gasteiger partial charge in [-0.3, -0.25) is 0 Å². The molecule has 0 radical (unpaired) electrons. The molecule has 1 fully saturated rings. The molecule has 2 nitrogen and oxygen atoms in total. The van der Waals surface area contributed by atoms with E-state index in [-0.39, 0.29) is 12.2 Å². The molecular formula is C6H10O2. The van der Waals surface area contributed by atoms with Crippen LogP contribution < -0.4 is 0 Å². The molecule has 1 saturated heterocycles. The normalized spacial score (nSPS) is 29.4. The van der Waals surface area contributed by atoms with Crippen molar-refractivity contribution in [1.29, 1.82) is 0 Å². The molecule has 2 unspecified atom stereocenters. The molecule has 0 saturated carbocycles. The molecule has 0 aromatic heterocycles. The van der Waals surface area contributed by atoms with Crippen molar-refractivity contribution in [3.05, 3.63) is 12.7 Å². The van der Waals surface area contributed by atoms with Crippen LogP contribution in [0.25, 0.3) is 0 Å². The standard InChI is InChI=1S/C6H10O2/c1-2-3-5(7)6-4-8-6/h2,5-7H,1,3-4H2. The molecule has 0 bridgehead atoms. The number of aliphatic hydroxyl groups excluding tert-OH is 1. The van der Waals surface area contributed by atoms with Crippen LogP contribution in [0.2, 0.25) is 0 Å². The Kier molecular flexibility index (Phi) is 1.65. The van der Waals surface area contributed by atoms with E-state index in [0.717, 1.165) is 6.61 Å². The number of aliphatic hydroxyl groups is 1. The Labute approximate surface area is 48.8 Å². The van der Waals surface area contributed by atoms with Gasteiger partial charge in [0.15, 0.2) is 0 Å². The maximum atomic E-state index is 8.99. The molecule has 1 aliphatic rings. The molecule has 1 aliphatic heterocycles. The van der Waals surface area contributed by atoms with Gasteiger partial charge in [0.05, 0.1) is 12.7 Å². The molecule has 8 heavy (non-hydrogen) atoms. The quantitative estimate of drug-likeness (QED) is 0.423. The SMILES string of the molecule is C=CCC(O)C1CO1. The lowest BCUT2D eigenvalue weighted by Gasteiger charge is -1.99. The molecule has 0 spiro atoms. The first kappa shape index (κ1) is 5.79. The van der Waals surface area contributed by atoms with Gasteiger partial charge in [-0.25, -0.2) is 0 Å². The van der Waals surface area contributed by atoms with Crippen LogP contribution in [0.3, 0.4) is 0 Å². The van der Waals surface area contributed by atoms with Crippen LogP contribution in [0.4, 0.5) is 0 Å². The monoisotopic (exact) mass is 114 g/mol. The minimum absolute atomic E-state index is 0.105. The van der Waals surface area contributed by atoms with Crippen LogP contribution in [-0.4, -0.2) is 23.9 Å². The Hall–Kier alpha value is -0.340. The summed E-state index contributed by atoms with van der Waals surface area (Å²) in [5.74, 6) is 0. The van der Waals surface area contributed by atoms with Gasteiger partial charge in [-0.15, -0.1) is 6.58 Å². The third-order valence-electron chi connectivity index (χ3n) is 1.20. The minimum atomic E-state index is -0.313. The van der Waals surface area contributed by atoms with Gasteiger partial charge in [0.25, 0.3) is 0 Å². The van der Waals surface area contributed by atoms with Crippen molar-refractivity contribution < 1.29 is 9.84 Å². The van der Waals surface area contributed by atoms with E-state index in [9.17, 15) is 0 Å². The topological polar surface area (TPSA) is 32.8 Å². The Balaban J connectivity index is 2.12. The Morgan fingerprint density at radius 1 is 2.00 bits per heavy atom. The molecule has 1 N–H and O–H groups in total. The van der Waals surface area contributed by atoms with E-state index in [1.54, 1.807) is 6.08 Å². The highest BCUT2D eigenvalue weighted by Crippen LogP contribution is 2.15. The van der Waals surface area contributed by atoms with Crippen molar-refractivity contribution in [3.8, 4) is 0 Å². The fourth-order valence-corrected chi connectivity index (χ4v) is 0.600. The van der Waals surface area contributed by atoms with Gasteiger partial charge in [-0.05, 0) is 6.42 Å². The Morgan fingerprint density at radius 2 is 2.62 bits per heavy atom. The molecule has 1 rings (SSSR count). The minimum Gasteiger partial charge on any atom is -0.390 e. The van der Waals surface area contributed by atoms with E-state index in [0.29, 0.717) is 6.42 Å². The number of hydrogen-bond acceptors (Lipinski definition) is 2. The van der Waals surface area contributed by atoms with E-state index in [4.69, 9.17) is 9.84 Å². The van der Waals surface area contributed by atoms with E-state index in [1.807, 2.05) is 0 Å². The highest BCUT2D eigenvalue weighted by atomic mass is 16.6. The summed E-state index contributed by atoms with van der Waals surface area (Å²) < 4.78 is 4.83.